The van der Waals surface area contributed by atoms with Gasteiger partial charge in [0.25, 0.3) is 0 Å². The smallest absolute Gasteiger partial charge is 0.145 e. The third-order valence-corrected chi connectivity index (χ3v) is 5.88. The first kappa shape index (κ1) is 14.1. The monoisotopic (exact) mass is 281 g/mol. The highest BCUT2D eigenvalue weighted by molar-refractivity contribution is 5.85. The predicted octanol–water partition coefficient (Wildman–Crippen LogP) is 1.94. The van der Waals surface area contributed by atoms with Gasteiger partial charge < -0.3 is 20.6 Å². The van der Waals surface area contributed by atoms with Crippen LogP contribution in [0, 0.1) is 5.41 Å². The summed E-state index contributed by atoms with van der Waals surface area (Å²) in [4.78, 5) is 2.61. The minimum atomic E-state index is -0.134. The highest BCUT2D eigenvalue weighted by atomic mass is 16.5. The average Bonchev–Trinajstić information content (AvgIpc) is 2.45. The molecule has 5 nitrogen and oxygen atoms in total. The summed E-state index contributed by atoms with van der Waals surface area (Å²) >= 11 is 0. The zero-order valence-corrected chi connectivity index (χ0v) is 12.5. The molecule has 3 fully saturated rings. The van der Waals surface area contributed by atoms with Gasteiger partial charge in [-0.1, -0.05) is 12.1 Å². The van der Waals surface area contributed by atoms with Crippen LogP contribution in [0.5, 0.6) is 0 Å². The van der Waals surface area contributed by atoms with Gasteiger partial charge in [0.1, 0.15) is 5.84 Å². The van der Waals surface area contributed by atoms with Gasteiger partial charge in [-0.15, -0.1) is 0 Å². The minimum Gasteiger partial charge on any atom is -0.409 e. The Hall–Kier alpha value is -0.810. The van der Waals surface area contributed by atoms with Crippen molar-refractivity contribution in [3.8, 4) is 0 Å². The molecule has 0 aromatic rings. The summed E-state index contributed by atoms with van der Waals surface area (Å²) in [5.41, 5.74) is 5.92. The van der Waals surface area contributed by atoms with Crippen LogP contribution < -0.4 is 5.73 Å². The predicted molar refractivity (Wildman–Crippen MR) is 77.9 cm³/mol. The Labute approximate surface area is 121 Å². The van der Waals surface area contributed by atoms with Gasteiger partial charge in [-0.3, -0.25) is 0 Å². The molecule has 1 atom stereocenters. The summed E-state index contributed by atoms with van der Waals surface area (Å²) in [6.45, 7) is 5.12. The maximum absolute atomic E-state index is 8.91. The maximum atomic E-state index is 8.91. The largest absolute Gasteiger partial charge is 0.409 e. The Morgan fingerprint density at radius 1 is 1.30 bits per heavy atom. The molecule has 3 rings (SSSR count). The highest BCUT2D eigenvalue weighted by Gasteiger charge is 2.45. The van der Waals surface area contributed by atoms with Gasteiger partial charge in [-0.2, -0.15) is 0 Å². The maximum Gasteiger partial charge on any atom is 0.145 e. The molecule has 1 unspecified atom stereocenters. The van der Waals surface area contributed by atoms with Crippen molar-refractivity contribution in [3.05, 3.63) is 0 Å². The third kappa shape index (κ3) is 2.42. The molecule has 1 saturated carbocycles. The standard InChI is InChI=1S/C15H27N3O2/c1-14(13(16)17-19)6-8-18(9-7-14)12-3-10-20-15(11-12)4-2-5-15/h12,19H,2-11H2,1H3,(H2,16,17). The molecule has 5 heteroatoms. The lowest BCUT2D eigenvalue weighted by molar-refractivity contribution is -0.150. The molecular weight excluding hydrogens is 254 g/mol. The summed E-state index contributed by atoms with van der Waals surface area (Å²) < 4.78 is 6.02. The summed E-state index contributed by atoms with van der Waals surface area (Å²) in [5.74, 6) is 0.389. The van der Waals surface area contributed by atoms with E-state index in [1.165, 1.54) is 25.7 Å². The van der Waals surface area contributed by atoms with Gasteiger partial charge in [0, 0.05) is 18.1 Å². The molecule has 1 aliphatic carbocycles. The third-order valence-electron chi connectivity index (χ3n) is 5.88. The van der Waals surface area contributed by atoms with Crippen LogP contribution in [0.4, 0.5) is 0 Å². The van der Waals surface area contributed by atoms with E-state index in [0.29, 0.717) is 11.9 Å². The van der Waals surface area contributed by atoms with Crippen LogP contribution in [0.15, 0.2) is 5.16 Å². The van der Waals surface area contributed by atoms with E-state index in [4.69, 9.17) is 15.7 Å². The van der Waals surface area contributed by atoms with Crippen molar-refractivity contribution in [2.45, 2.75) is 63.5 Å². The first-order valence-corrected chi connectivity index (χ1v) is 7.93. The van der Waals surface area contributed by atoms with Gasteiger partial charge in [0.05, 0.1) is 5.60 Å². The van der Waals surface area contributed by atoms with Crippen molar-refractivity contribution in [2.75, 3.05) is 19.7 Å². The number of hydrogen-bond donors (Lipinski definition) is 2. The van der Waals surface area contributed by atoms with Crippen LogP contribution in [-0.2, 0) is 4.74 Å². The summed E-state index contributed by atoms with van der Waals surface area (Å²) in [5, 5.41) is 12.1. The van der Waals surface area contributed by atoms with Crippen LogP contribution >= 0.6 is 0 Å². The van der Waals surface area contributed by atoms with E-state index in [1.54, 1.807) is 0 Å². The molecule has 0 bridgehead atoms. The van der Waals surface area contributed by atoms with Crippen molar-refractivity contribution < 1.29 is 9.94 Å². The Balaban J connectivity index is 1.58. The fourth-order valence-electron chi connectivity index (χ4n) is 3.99. The second kappa shape index (κ2) is 5.19. The second-order valence-electron chi connectivity index (χ2n) is 7.11. The molecule has 2 heterocycles. The quantitative estimate of drug-likeness (QED) is 0.351. The zero-order chi connectivity index (χ0) is 14.2. The summed E-state index contributed by atoms with van der Waals surface area (Å²) in [6.07, 6.45) is 8.14. The number of nitrogens with zero attached hydrogens (tertiary/aromatic N) is 2. The second-order valence-corrected chi connectivity index (χ2v) is 7.11. The normalized spacial score (nSPS) is 33.9. The van der Waals surface area contributed by atoms with Crippen molar-refractivity contribution in [2.24, 2.45) is 16.3 Å². The SMILES string of the molecule is CC1(C(N)=NO)CCN(C2CCOC3(CCC3)C2)CC1. The van der Waals surface area contributed by atoms with E-state index in [-0.39, 0.29) is 11.0 Å². The molecule has 0 amide bonds. The number of oxime groups is 1. The first-order valence-electron chi connectivity index (χ1n) is 7.93. The molecule has 20 heavy (non-hydrogen) atoms. The molecule has 0 aromatic heterocycles. The van der Waals surface area contributed by atoms with Crippen molar-refractivity contribution in [1.82, 2.24) is 4.90 Å². The van der Waals surface area contributed by atoms with E-state index < -0.39 is 0 Å². The lowest BCUT2D eigenvalue weighted by atomic mass is 9.72. The minimum absolute atomic E-state index is 0.134. The number of ether oxygens (including phenoxy) is 1. The Kier molecular flexibility index (Phi) is 3.67. The number of rotatable bonds is 2. The lowest BCUT2D eigenvalue weighted by Gasteiger charge is -2.51. The zero-order valence-electron chi connectivity index (χ0n) is 12.5. The van der Waals surface area contributed by atoms with E-state index in [2.05, 4.69) is 17.0 Å². The highest BCUT2D eigenvalue weighted by Crippen LogP contribution is 2.44. The van der Waals surface area contributed by atoms with Crippen molar-refractivity contribution >= 4 is 5.84 Å². The molecular formula is C15H27N3O2. The topological polar surface area (TPSA) is 71.1 Å². The molecule has 2 saturated heterocycles. The molecule has 114 valence electrons. The van der Waals surface area contributed by atoms with E-state index in [9.17, 15) is 0 Å². The van der Waals surface area contributed by atoms with Crippen LogP contribution in [0.2, 0.25) is 0 Å². The first-order chi connectivity index (χ1) is 9.57. The van der Waals surface area contributed by atoms with Crippen LogP contribution in [0.3, 0.4) is 0 Å². The van der Waals surface area contributed by atoms with Gasteiger partial charge in [0.15, 0.2) is 0 Å². The molecule has 3 aliphatic rings. The number of amidine groups is 1. The molecule has 0 aromatic carbocycles. The van der Waals surface area contributed by atoms with Gasteiger partial charge >= 0.3 is 0 Å². The fourth-order valence-corrected chi connectivity index (χ4v) is 3.99. The van der Waals surface area contributed by atoms with Crippen LogP contribution in [0.25, 0.3) is 0 Å². The van der Waals surface area contributed by atoms with E-state index in [1.807, 2.05) is 0 Å². The van der Waals surface area contributed by atoms with Gasteiger partial charge in [-0.25, -0.2) is 0 Å². The molecule has 0 radical (unpaired) electrons. The number of piperidine rings is 1. The Morgan fingerprint density at radius 3 is 2.55 bits per heavy atom. The van der Waals surface area contributed by atoms with E-state index >= 15 is 0 Å². The van der Waals surface area contributed by atoms with Crippen molar-refractivity contribution in [3.63, 3.8) is 0 Å². The summed E-state index contributed by atoms with van der Waals surface area (Å²) in [6, 6.07) is 0.667. The average molecular weight is 281 g/mol. The van der Waals surface area contributed by atoms with Crippen molar-refractivity contribution in [1.29, 1.82) is 0 Å². The number of nitrogens with two attached hydrogens (primary N) is 1. The molecule has 2 aliphatic heterocycles. The molecule has 3 N–H and O–H groups in total. The van der Waals surface area contributed by atoms with Crippen LogP contribution in [-0.4, -0.2) is 47.3 Å². The summed E-state index contributed by atoms with van der Waals surface area (Å²) in [7, 11) is 0. The van der Waals surface area contributed by atoms with Gasteiger partial charge in [-0.05, 0) is 58.0 Å². The van der Waals surface area contributed by atoms with E-state index in [0.717, 1.165) is 39.0 Å². The number of hydrogen-bond acceptors (Lipinski definition) is 4. The number of likely N-dealkylation sites (tertiary alicyclic amines) is 1. The Morgan fingerprint density at radius 2 is 2.00 bits per heavy atom. The van der Waals surface area contributed by atoms with Crippen LogP contribution in [0.1, 0.15) is 51.9 Å². The Bertz CT molecular complexity index is 385. The fraction of sp³-hybridized carbons (Fsp3) is 0.933. The van der Waals surface area contributed by atoms with Gasteiger partial charge in [0.2, 0.25) is 0 Å². The lowest BCUT2D eigenvalue weighted by Crippen LogP contribution is -2.55. The molecule has 1 spiro atoms.